The Morgan fingerprint density at radius 3 is 2.71 bits per heavy atom. The van der Waals surface area contributed by atoms with Crippen LogP contribution < -0.4 is 10.1 Å². The quantitative estimate of drug-likeness (QED) is 0.282. The van der Waals surface area contributed by atoms with Crippen molar-refractivity contribution in [1.29, 1.82) is 0 Å². The van der Waals surface area contributed by atoms with E-state index < -0.39 is 0 Å². The van der Waals surface area contributed by atoms with Crippen molar-refractivity contribution in [2.24, 2.45) is 0 Å². The molecule has 0 aliphatic heterocycles. The summed E-state index contributed by atoms with van der Waals surface area (Å²) in [6.07, 6.45) is 1.75. The molecule has 2 aromatic carbocycles. The number of amides is 1. The van der Waals surface area contributed by atoms with Crippen LogP contribution in [0.25, 0.3) is 17.1 Å². The summed E-state index contributed by atoms with van der Waals surface area (Å²) in [7, 11) is 1.60. The molecule has 0 aliphatic carbocycles. The molecule has 34 heavy (non-hydrogen) atoms. The molecule has 0 spiro atoms. The number of halogens is 1. The van der Waals surface area contributed by atoms with Crippen molar-refractivity contribution in [3.63, 3.8) is 0 Å². The van der Waals surface area contributed by atoms with Crippen molar-refractivity contribution in [2.75, 3.05) is 18.2 Å². The molecule has 0 saturated carbocycles. The largest absolute Gasteiger partial charge is 0.496 e. The van der Waals surface area contributed by atoms with E-state index in [0.717, 1.165) is 11.3 Å². The zero-order valence-corrected chi connectivity index (χ0v) is 19.6. The monoisotopic (exact) mass is 478 g/mol. The van der Waals surface area contributed by atoms with Crippen LogP contribution in [-0.4, -0.2) is 43.3 Å². The number of ether oxygens (including phenoxy) is 1. The first-order chi connectivity index (χ1) is 16.5. The van der Waals surface area contributed by atoms with E-state index >= 15 is 0 Å². The van der Waals surface area contributed by atoms with Gasteiger partial charge in [-0.25, -0.2) is 9.07 Å². The van der Waals surface area contributed by atoms with Crippen LogP contribution in [0.5, 0.6) is 5.75 Å². The summed E-state index contributed by atoms with van der Waals surface area (Å²) < 4.78 is 22.2. The van der Waals surface area contributed by atoms with E-state index in [1.54, 1.807) is 36.1 Å². The minimum atomic E-state index is -0.342. The van der Waals surface area contributed by atoms with Crippen LogP contribution in [0.15, 0.2) is 72.4 Å². The van der Waals surface area contributed by atoms with Gasteiger partial charge in [-0.2, -0.15) is 5.10 Å². The Kier molecular flexibility index (Phi) is 7.07. The maximum absolute atomic E-state index is 13.3. The number of carbonyl (C=O) groups is 1. The van der Waals surface area contributed by atoms with Gasteiger partial charge < -0.3 is 10.1 Å². The van der Waals surface area contributed by atoms with E-state index in [-0.39, 0.29) is 17.5 Å². The van der Waals surface area contributed by atoms with Crippen LogP contribution in [0.1, 0.15) is 5.69 Å². The number of hydrogen-bond acceptors (Lipinski definition) is 6. The predicted molar refractivity (Wildman–Crippen MR) is 130 cm³/mol. The van der Waals surface area contributed by atoms with Crippen molar-refractivity contribution < 1.29 is 13.9 Å². The number of hydrogen-bond donors (Lipinski definition) is 1. The second kappa shape index (κ2) is 10.3. The number of thioether (sulfide) groups is 1. The fraction of sp³-hybridized carbons (Fsp3) is 0.167. The molecule has 0 atom stereocenters. The first-order valence-electron chi connectivity index (χ1n) is 10.4. The maximum atomic E-state index is 13.3. The van der Waals surface area contributed by atoms with Gasteiger partial charge in [0.1, 0.15) is 17.4 Å². The van der Waals surface area contributed by atoms with E-state index in [1.807, 2.05) is 35.8 Å². The lowest BCUT2D eigenvalue weighted by atomic mass is 10.2. The number of rotatable bonds is 9. The normalized spacial score (nSPS) is 10.8. The lowest BCUT2D eigenvalue weighted by Crippen LogP contribution is -2.17. The van der Waals surface area contributed by atoms with E-state index in [1.165, 1.54) is 23.9 Å². The molecule has 1 amide bonds. The average Bonchev–Trinajstić information content (AvgIpc) is 3.41. The van der Waals surface area contributed by atoms with E-state index in [0.29, 0.717) is 34.8 Å². The summed E-state index contributed by atoms with van der Waals surface area (Å²) >= 11 is 1.26. The number of anilines is 1. The van der Waals surface area contributed by atoms with Gasteiger partial charge in [-0.05, 0) is 43.3 Å². The smallest absolute Gasteiger partial charge is 0.236 e. The fourth-order valence-electron chi connectivity index (χ4n) is 3.39. The topological polar surface area (TPSA) is 86.9 Å². The minimum Gasteiger partial charge on any atom is -0.496 e. The maximum Gasteiger partial charge on any atom is 0.236 e. The molecule has 0 unspecified atom stereocenters. The van der Waals surface area contributed by atoms with Gasteiger partial charge in [0.25, 0.3) is 0 Å². The van der Waals surface area contributed by atoms with Crippen molar-refractivity contribution in [3.8, 4) is 22.8 Å². The number of methoxy groups -OCH3 is 1. The SMILES string of the molecule is C=CCn1c(SCC(=O)Nc2cc(C)nn2-c2ccc(F)cc2)nnc1-c1ccccc1OC. The summed E-state index contributed by atoms with van der Waals surface area (Å²) in [5.41, 5.74) is 2.17. The number of carbonyl (C=O) groups excluding carboxylic acids is 1. The fourth-order valence-corrected chi connectivity index (χ4v) is 4.14. The van der Waals surface area contributed by atoms with Crippen LogP contribution in [-0.2, 0) is 11.3 Å². The predicted octanol–water partition coefficient (Wildman–Crippen LogP) is 4.50. The number of para-hydroxylation sites is 1. The van der Waals surface area contributed by atoms with Crippen molar-refractivity contribution in [1.82, 2.24) is 24.5 Å². The van der Waals surface area contributed by atoms with E-state index in [9.17, 15) is 9.18 Å². The average molecular weight is 479 g/mol. The lowest BCUT2D eigenvalue weighted by Gasteiger charge is -2.11. The van der Waals surface area contributed by atoms with Crippen molar-refractivity contribution >= 4 is 23.5 Å². The van der Waals surface area contributed by atoms with Crippen LogP contribution in [0.4, 0.5) is 10.2 Å². The summed E-state index contributed by atoms with van der Waals surface area (Å²) in [4.78, 5) is 12.7. The summed E-state index contributed by atoms with van der Waals surface area (Å²) in [6.45, 7) is 6.12. The molecule has 4 rings (SSSR count). The highest BCUT2D eigenvalue weighted by atomic mass is 32.2. The molecule has 0 radical (unpaired) electrons. The highest BCUT2D eigenvalue weighted by Gasteiger charge is 2.18. The van der Waals surface area contributed by atoms with Crippen molar-refractivity contribution in [3.05, 3.63) is 78.8 Å². The molecule has 1 N–H and O–H groups in total. The highest BCUT2D eigenvalue weighted by molar-refractivity contribution is 7.99. The molecule has 10 heteroatoms. The number of aryl methyl sites for hydroxylation is 1. The zero-order chi connectivity index (χ0) is 24.1. The second-order valence-electron chi connectivity index (χ2n) is 7.30. The third-order valence-corrected chi connectivity index (χ3v) is 5.85. The van der Waals surface area contributed by atoms with Crippen molar-refractivity contribution in [2.45, 2.75) is 18.6 Å². The molecule has 0 saturated heterocycles. The van der Waals surface area contributed by atoms with Gasteiger partial charge in [-0.1, -0.05) is 30.0 Å². The summed E-state index contributed by atoms with van der Waals surface area (Å²) in [6, 6.07) is 15.2. The lowest BCUT2D eigenvalue weighted by molar-refractivity contribution is -0.113. The molecule has 0 fully saturated rings. The number of nitrogens with zero attached hydrogens (tertiary/aromatic N) is 5. The van der Waals surface area contributed by atoms with E-state index in [4.69, 9.17) is 4.74 Å². The number of nitrogens with one attached hydrogen (secondary N) is 1. The van der Waals surface area contributed by atoms with Crippen LogP contribution >= 0.6 is 11.8 Å². The number of aromatic nitrogens is 5. The molecule has 2 heterocycles. The Bertz CT molecular complexity index is 1320. The zero-order valence-electron chi connectivity index (χ0n) is 18.7. The Morgan fingerprint density at radius 1 is 1.21 bits per heavy atom. The Balaban J connectivity index is 1.51. The molecule has 0 aliphatic rings. The van der Waals surface area contributed by atoms with Crippen LogP contribution in [0, 0.1) is 12.7 Å². The van der Waals surface area contributed by atoms with Gasteiger partial charge >= 0.3 is 0 Å². The van der Waals surface area contributed by atoms with Crippen LogP contribution in [0.2, 0.25) is 0 Å². The number of benzene rings is 2. The molecular formula is C24H23FN6O2S. The van der Waals surface area contributed by atoms with Gasteiger partial charge in [-0.3, -0.25) is 9.36 Å². The highest BCUT2D eigenvalue weighted by Crippen LogP contribution is 2.31. The molecule has 2 aromatic heterocycles. The minimum absolute atomic E-state index is 0.106. The molecular weight excluding hydrogens is 455 g/mol. The second-order valence-corrected chi connectivity index (χ2v) is 8.24. The van der Waals surface area contributed by atoms with Gasteiger partial charge in [0, 0.05) is 12.6 Å². The first-order valence-corrected chi connectivity index (χ1v) is 11.4. The Labute approximate surface area is 200 Å². The van der Waals surface area contributed by atoms with Gasteiger partial charge in [0.2, 0.25) is 5.91 Å². The standard InChI is InChI=1S/C24H23FN6O2S/c1-4-13-30-23(19-7-5-6-8-20(19)33-3)27-28-24(30)34-15-22(32)26-21-14-16(2)29-31(21)18-11-9-17(25)10-12-18/h4-12,14H,1,13,15H2,2-3H3,(H,26,32). The third kappa shape index (κ3) is 5.01. The Hall–Kier alpha value is -3.92. The molecule has 174 valence electrons. The first kappa shape index (κ1) is 23.2. The van der Waals surface area contributed by atoms with Gasteiger partial charge in [-0.15, -0.1) is 16.8 Å². The molecule has 4 aromatic rings. The summed E-state index contributed by atoms with van der Waals surface area (Å²) in [5, 5.41) is 16.5. The molecule has 0 bridgehead atoms. The van der Waals surface area contributed by atoms with Gasteiger partial charge in [0.05, 0.1) is 29.8 Å². The third-order valence-electron chi connectivity index (χ3n) is 4.88. The van der Waals surface area contributed by atoms with Crippen LogP contribution in [0.3, 0.4) is 0 Å². The van der Waals surface area contributed by atoms with E-state index in [2.05, 4.69) is 27.2 Å². The number of allylic oxidation sites excluding steroid dienone is 1. The molecule has 8 nitrogen and oxygen atoms in total. The van der Waals surface area contributed by atoms with Gasteiger partial charge in [0.15, 0.2) is 11.0 Å². The summed E-state index contributed by atoms with van der Waals surface area (Å²) in [5.74, 6) is 1.33. The Morgan fingerprint density at radius 2 is 1.97 bits per heavy atom.